The zero-order valence-corrected chi connectivity index (χ0v) is 11.5. The van der Waals surface area contributed by atoms with Gasteiger partial charge in [0.1, 0.15) is 6.61 Å². The van der Waals surface area contributed by atoms with Gasteiger partial charge in [-0.1, -0.05) is 28.1 Å². The minimum absolute atomic E-state index is 0.0420. The lowest BCUT2D eigenvalue weighted by Crippen LogP contribution is -2.25. The Morgan fingerprint density at radius 1 is 1.28 bits per heavy atom. The molecule has 0 fully saturated rings. The number of hydrogen-bond acceptors (Lipinski definition) is 2. The Hall–Kier alpha value is -0.590. The number of benzene rings is 1. The Balaban J connectivity index is 2.21. The molecule has 0 aliphatic carbocycles. The molecule has 0 aliphatic heterocycles. The van der Waals surface area contributed by atoms with Crippen molar-refractivity contribution in [2.45, 2.75) is 19.1 Å². The molecule has 0 radical (unpaired) electrons. The SMILES string of the molecule is CC(NCCOCC(F)(F)F)c1ccc(Br)cc1. The van der Waals surface area contributed by atoms with E-state index in [-0.39, 0.29) is 12.6 Å². The standard InChI is InChI=1S/C12H15BrF3NO/c1-9(10-2-4-11(13)5-3-10)17-6-7-18-8-12(14,15)16/h2-5,9,17H,6-8H2,1H3. The molecule has 1 aromatic carbocycles. The molecule has 102 valence electrons. The molecule has 0 saturated heterocycles. The molecule has 18 heavy (non-hydrogen) atoms. The molecule has 0 spiro atoms. The van der Waals surface area contributed by atoms with E-state index in [1.54, 1.807) is 0 Å². The van der Waals surface area contributed by atoms with E-state index < -0.39 is 12.8 Å². The molecule has 1 atom stereocenters. The van der Waals surface area contributed by atoms with E-state index >= 15 is 0 Å². The highest BCUT2D eigenvalue weighted by molar-refractivity contribution is 9.10. The first-order valence-electron chi connectivity index (χ1n) is 5.52. The second-order valence-corrected chi connectivity index (χ2v) is 4.81. The van der Waals surface area contributed by atoms with Crippen LogP contribution in [0.5, 0.6) is 0 Å². The average molecular weight is 326 g/mol. The summed E-state index contributed by atoms with van der Waals surface area (Å²) in [4.78, 5) is 0. The number of halogens is 4. The molecule has 0 aromatic heterocycles. The van der Waals surface area contributed by atoms with Crippen LogP contribution in [0.3, 0.4) is 0 Å². The van der Waals surface area contributed by atoms with Gasteiger partial charge in [-0.25, -0.2) is 0 Å². The van der Waals surface area contributed by atoms with Crippen molar-refractivity contribution in [2.24, 2.45) is 0 Å². The maximum atomic E-state index is 11.8. The molecule has 1 N–H and O–H groups in total. The highest BCUT2D eigenvalue weighted by Gasteiger charge is 2.27. The van der Waals surface area contributed by atoms with Gasteiger partial charge >= 0.3 is 6.18 Å². The van der Waals surface area contributed by atoms with Gasteiger partial charge in [0.2, 0.25) is 0 Å². The molecule has 1 aromatic rings. The summed E-state index contributed by atoms with van der Waals surface area (Å²) in [5, 5.41) is 3.10. The number of rotatable bonds is 6. The van der Waals surface area contributed by atoms with Crippen molar-refractivity contribution in [3.05, 3.63) is 34.3 Å². The van der Waals surface area contributed by atoms with Gasteiger partial charge < -0.3 is 10.1 Å². The van der Waals surface area contributed by atoms with Crippen molar-refractivity contribution in [2.75, 3.05) is 19.8 Å². The highest BCUT2D eigenvalue weighted by atomic mass is 79.9. The Morgan fingerprint density at radius 3 is 2.44 bits per heavy atom. The molecule has 1 rings (SSSR count). The molecule has 0 amide bonds. The minimum Gasteiger partial charge on any atom is -0.371 e. The molecule has 1 unspecified atom stereocenters. The lowest BCUT2D eigenvalue weighted by Gasteiger charge is -2.14. The third-order valence-corrected chi connectivity index (χ3v) is 2.86. The fourth-order valence-corrected chi connectivity index (χ4v) is 1.67. The van der Waals surface area contributed by atoms with E-state index in [2.05, 4.69) is 26.0 Å². The van der Waals surface area contributed by atoms with Crippen LogP contribution < -0.4 is 5.32 Å². The zero-order valence-electron chi connectivity index (χ0n) is 9.93. The van der Waals surface area contributed by atoms with Gasteiger partial charge in [-0.15, -0.1) is 0 Å². The van der Waals surface area contributed by atoms with E-state index in [4.69, 9.17) is 0 Å². The number of alkyl halides is 3. The Bertz CT molecular complexity index is 353. The van der Waals surface area contributed by atoms with Gasteiger partial charge in [0.15, 0.2) is 0 Å². The van der Waals surface area contributed by atoms with Crippen LogP contribution >= 0.6 is 15.9 Å². The molecule has 0 aliphatic rings. The quantitative estimate of drug-likeness (QED) is 0.805. The largest absolute Gasteiger partial charge is 0.411 e. The maximum absolute atomic E-state index is 11.8. The second kappa shape index (κ2) is 7.11. The summed E-state index contributed by atoms with van der Waals surface area (Å²) < 4.78 is 40.9. The number of ether oxygens (including phenoxy) is 1. The van der Waals surface area contributed by atoms with Crippen LogP contribution in [-0.4, -0.2) is 25.9 Å². The van der Waals surface area contributed by atoms with Gasteiger partial charge in [-0.2, -0.15) is 13.2 Å². The molecule has 6 heteroatoms. The van der Waals surface area contributed by atoms with Crippen molar-refractivity contribution >= 4 is 15.9 Å². The third kappa shape index (κ3) is 6.37. The van der Waals surface area contributed by atoms with Crippen molar-refractivity contribution in [3.63, 3.8) is 0 Å². The van der Waals surface area contributed by atoms with Crippen molar-refractivity contribution in [3.8, 4) is 0 Å². The zero-order chi connectivity index (χ0) is 13.6. The Morgan fingerprint density at radius 2 is 1.89 bits per heavy atom. The summed E-state index contributed by atoms with van der Waals surface area (Å²) in [6.07, 6.45) is -4.25. The first kappa shape index (κ1) is 15.5. The molecule has 0 saturated carbocycles. The number of nitrogens with one attached hydrogen (secondary N) is 1. The smallest absolute Gasteiger partial charge is 0.371 e. The lowest BCUT2D eigenvalue weighted by molar-refractivity contribution is -0.173. The lowest BCUT2D eigenvalue weighted by atomic mass is 10.1. The molecule has 0 bridgehead atoms. The van der Waals surface area contributed by atoms with Crippen LogP contribution in [0.2, 0.25) is 0 Å². The molecule has 0 heterocycles. The third-order valence-electron chi connectivity index (χ3n) is 2.33. The van der Waals surface area contributed by atoms with Gasteiger partial charge in [0.05, 0.1) is 6.61 Å². The summed E-state index contributed by atoms with van der Waals surface area (Å²) in [6.45, 7) is 1.18. The fraction of sp³-hybridized carbons (Fsp3) is 0.500. The molecular formula is C12H15BrF3NO. The summed E-state index contributed by atoms with van der Waals surface area (Å²) >= 11 is 3.34. The van der Waals surface area contributed by atoms with Gasteiger partial charge in [-0.3, -0.25) is 0 Å². The topological polar surface area (TPSA) is 21.3 Å². The first-order chi connectivity index (χ1) is 8.38. The van der Waals surface area contributed by atoms with Gasteiger partial charge in [-0.05, 0) is 24.6 Å². The summed E-state index contributed by atoms with van der Waals surface area (Å²) in [6, 6.07) is 7.84. The predicted octanol–water partition coefficient (Wildman–Crippen LogP) is 3.68. The summed E-state index contributed by atoms with van der Waals surface area (Å²) in [7, 11) is 0. The van der Waals surface area contributed by atoms with E-state index in [0.29, 0.717) is 6.54 Å². The summed E-state index contributed by atoms with van der Waals surface area (Å²) in [5.74, 6) is 0. The predicted molar refractivity (Wildman–Crippen MR) is 67.4 cm³/mol. The van der Waals surface area contributed by atoms with Crippen LogP contribution in [-0.2, 0) is 4.74 Å². The second-order valence-electron chi connectivity index (χ2n) is 3.90. The minimum atomic E-state index is -4.25. The monoisotopic (exact) mass is 325 g/mol. The van der Waals surface area contributed by atoms with E-state index in [1.165, 1.54) is 0 Å². The van der Waals surface area contributed by atoms with E-state index in [9.17, 15) is 13.2 Å². The van der Waals surface area contributed by atoms with Crippen LogP contribution in [0.15, 0.2) is 28.7 Å². The van der Waals surface area contributed by atoms with Crippen LogP contribution in [0.25, 0.3) is 0 Å². The van der Waals surface area contributed by atoms with Crippen LogP contribution in [0, 0.1) is 0 Å². The fourth-order valence-electron chi connectivity index (χ4n) is 1.40. The van der Waals surface area contributed by atoms with Gasteiger partial charge in [0.25, 0.3) is 0 Å². The van der Waals surface area contributed by atoms with Crippen LogP contribution in [0.4, 0.5) is 13.2 Å². The normalized spacial score (nSPS) is 13.6. The number of hydrogen-bond donors (Lipinski definition) is 1. The molecular weight excluding hydrogens is 311 g/mol. The Labute approximate surface area is 113 Å². The van der Waals surface area contributed by atoms with Crippen molar-refractivity contribution in [1.29, 1.82) is 0 Å². The van der Waals surface area contributed by atoms with Gasteiger partial charge in [0, 0.05) is 17.1 Å². The van der Waals surface area contributed by atoms with Crippen molar-refractivity contribution < 1.29 is 17.9 Å². The maximum Gasteiger partial charge on any atom is 0.411 e. The van der Waals surface area contributed by atoms with Crippen LogP contribution in [0.1, 0.15) is 18.5 Å². The highest BCUT2D eigenvalue weighted by Crippen LogP contribution is 2.16. The molecule has 2 nitrogen and oxygen atoms in total. The Kier molecular flexibility index (Phi) is 6.11. The first-order valence-corrected chi connectivity index (χ1v) is 6.31. The van der Waals surface area contributed by atoms with E-state index in [1.807, 2.05) is 31.2 Å². The summed E-state index contributed by atoms with van der Waals surface area (Å²) in [5.41, 5.74) is 1.08. The average Bonchev–Trinajstić information content (AvgIpc) is 2.27. The van der Waals surface area contributed by atoms with Crippen molar-refractivity contribution in [1.82, 2.24) is 5.32 Å². The van der Waals surface area contributed by atoms with E-state index in [0.717, 1.165) is 10.0 Å².